The van der Waals surface area contributed by atoms with E-state index in [1.165, 1.54) is 0 Å². The molecule has 1 aromatic heterocycles. The van der Waals surface area contributed by atoms with Crippen LogP contribution in [-0.2, 0) is 0 Å². The maximum absolute atomic E-state index is 13.8. The average molecular weight is 324 g/mol. The molecule has 19 heavy (non-hydrogen) atoms. The van der Waals surface area contributed by atoms with Crippen LogP contribution in [0.3, 0.4) is 0 Å². The Hall–Kier alpha value is -1.49. The Balaban J connectivity index is 2.52. The molecule has 2 aromatic rings. The summed E-state index contributed by atoms with van der Waals surface area (Å²) in [5, 5.41) is 2.92. The second kappa shape index (κ2) is 5.65. The van der Waals surface area contributed by atoms with Gasteiger partial charge in [0.1, 0.15) is 0 Å². The van der Waals surface area contributed by atoms with Gasteiger partial charge in [0.25, 0.3) is 0 Å². The predicted molar refractivity (Wildman–Crippen MR) is 78.8 cm³/mol. The zero-order valence-corrected chi connectivity index (χ0v) is 12.7. The maximum atomic E-state index is 13.8. The third kappa shape index (κ3) is 2.92. The second-order valence-corrected chi connectivity index (χ2v) is 5.14. The lowest BCUT2D eigenvalue weighted by Crippen LogP contribution is -2.06. The summed E-state index contributed by atoms with van der Waals surface area (Å²) in [6.07, 6.45) is 0. The molecule has 3 nitrogen and oxygen atoms in total. The number of hydrogen-bond donors (Lipinski definition) is 1. The van der Waals surface area contributed by atoms with E-state index in [0.29, 0.717) is 18.1 Å². The zero-order valence-electron chi connectivity index (χ0n) is 11.1. The Morgan fingerprint density at radius 2 is 2.00 bits per heavy atom. The van der Waals surface area contributed by atoms with E-state index in [9.17, 15) is 4.39 Å². The lowest BCUT2D eigenvalue weighted by Gasteiger charge is -2.09. The number of hydrogen-bond acceptors (Lipinski definition) is 3. The first kappa shape index (κ1) is 13.9. The molecule has 0 aliphatic heterocycles. The van der Waals surface area contributed by atoms with Gasteiger partial charge in [-0.2, -0.15) is 0 Å². The minimum absolute atomic E-state index is 0.255. The Bertz CT molecular complexity index is 614. The van der Waals surface area contributed by atoms with Crippen molar-refractivity contribution in [3.63, 3.8) is 0 Å². The van der Waals surface area contributed by atoms with Gasteiger partial charge in [0.15, 0.2) is 17.5 Å². The molecule has 0 aliphatic rings. The fourth-order valence-electron chi connectivity index (χ4n) is 1.76. The average Bonchev–Trinajstić information content (AvgIpc) is 2.38. The van der Waals surface area contributed by atoms with Crippen LogP contribution in [0.15, 0.2) is 22.7 Å². The molecule has 1 N–H and O–H groups in total. The Labute approximate surface area is 120 Å². The minimum atomic E-state index is -0.389. The van der Waals surface area contributed by atoms with E-state index in [1.807, 2.05) is 32.0 Å². The molecular formula is C14H15BrFN3. The fraction of sp³-hybridized carbons (Fsp3) is 0.286. The van der Waals surface area contributed by atoms with E-state index >= 15 is 0 Å². The highest BCUT2D eigenvalue weighted by molar-refractivity contribution is 9.10. The van der Waals surface area contributed by atoms with Crippen molar-refractivity contribution in [2.75, 3.05) is 11.9 Å². The lowest BCUT2D eigenvalue weighted by molar-refractivity contribution is 0.606. The summed E-state index contributed by atoms with van der Waals surface area (Å²) in [4.78, 5) is 8.47. The van der Waals surface area contributed by atoms with Crippen LogP contribution in [0.4, 0.5) is 10.2 Å². The number of rotatable bonds is 3. The molecule has 1 heterocycles. The smallest absolute Gasteiger partial charge is 0.186 e. The van der Waals surface area contributed by atoms with Crippen LogP contribution in [0, 0.1) is 19.7 Å². The van der Waals surface area contributed by atoms with Crippen LogP contribution in [0.1, 0.15) is 18.2 Å². The zero-order chi connectivity index (χ0) is 14.0. The highest BCUT2D eigenvalue weighted by Crippen LogP contribution is 2.25. The minimum Gasteiger partial charge on any atom is -0.368 e. The summed E-state index contributed by atoms with van der Waals surface area (Å²) in [5.41, 5.74) is 2.32. The number of aryl methyl sites for hydroxylation is 2. The van der Waals surface area contributed by atoms with E-state index in [4.69, 9.17) is 0 Å². The lowest BCUT2D eigenvalue weighted by atomic mass is 10.1. The number of aromatic nitrogens is 2. The van der Waals surface area contributed by atoms with Gasteiger partial charge in [0.05, 0.1) is 5.69 Å². The Kier molecular flexibility index (Phi) is 4.14. The first-order chi connectivity index (χ1) is 9.02. The van der Waals surface area contributed by atoms with E-state index < -0.39 is 0 Å². The SMILES string of the molecule is CCNc1nc(-c2ccc(Br)c(C)c2)nc(C)c1F. The summed E-state index contributed by atoms with van der Waals surface area (Å²) in [5.74, 6) is 0.399. The van der Waals surface area contributed by atoms with Crippen molar-refractivity contribution in [3.05, 3.63) is 39.7 Å². The Morgan fingerprint density at radius 1 is 1.26 bits per heavy atom. The van der Waals surface area contributed by atoms with E-state index in [0.717, 1.165) is 15.6 Å². The molecule has 0 unspecified atom stereocenters. The third-order valence-corrected chi connectivity index (χ3v) is 3.67. The quantitative estimate of drug-likeness (QED) is 0.924. The van der Waals surface area contributed by atoms with Crippen LogP contribution >= 0.6 is 15.9 Å². The normalized spacial score (nSPS) is 10.6. The van der Waals surface area contributed by atoms with Gasteiger partial charge in [-0.05, 0) is 38.5 Å². The molecular weight excluding hydrogens is 309 g/mol. The first-order valence-corrected chi connectivity index (χ1v) is 6.86. The molecule has 5 heteroatoms. The van der Waals surface area contributed by atoms with Crippen molar-refractivity contribution in [1.82, 2.24) is 9.97 Å². The summed E-state index contributed by atoms with van der Waals surface area (Å²) in [6, 6.07) is 5.84. The topological polar surface area (TPSA) is 37.8 Å². The van der Waals surface area contributed by atoms with Crippen molar-refractivity contribution in [2.24, 2.45) is 0 Å². The van der Waals surface area contributed by atoms with Gasteiger partial charge in [0.2, 0.25) is 0 Å². The van der Waals surface area contributed by atoms with Crippen molar-refractivity contribution < 1.29 is 4.39 Å². The van der Waals surface area contributed by atoms with Crippen molar-refractivity contribution in [1.29, 1.82) is 0 Å². The third-order valence-electron chi connectivity index (χ3n) is 2.78. The van der Waals surface area contributed by atoms with E-state index in [1.54, 1.807) is 6.92 Å². The number of anilines is 1. The molecule has 1 aromatic carbocycles. The maximum Gasteiger partial charge on any atom is 0.186 e. The molecule has 0 atom stereocenters. The van der Waals surface area contributed by atoms with Gasteiger partial charge in [-0.25, -0.2) is 14.4 Å². The molecule has 100 valence electrons. The summed E-state index contributed by atoms with van der Waals surface area (Å²) in [7, 11) is 0. The molecule has 0 bridgehead atoms. The molecule has 0 saturated carbocycles. The number of nitrogens with one attached hydrogen (secondary N) is 1. The molecule has 0 fully saturated rings. The van der Waals surface area contributed by atoms with Crippen molar-refractivity contribution in [3.8, 4) is 11.4 Å². The van der Waals surface area contributed by atoms with Crippen molar-refractivity contribution in [2.45, 2.75) is 20.8 Å². The van der Waals surface area contributed by atoms with Crippen LogP contribution < -0.4 is 5.32 Å². The van der Waals surface area contributed by atoms with Crippen LogP contribution in [0.5, 0.6) is 0 Å². The van der Waals surface area contributed by atoms with Gasteiger partial charge in [-0.3, -0.25) is 0 Å². The summed E-state index contributed by atoms with van der Waals surface area (Å²) >= 11 is 3.45. The molecule has 0 saturated heterocycles. The highest BCUT2D eigenvalue weighted by Gasteiger charge is 2.12. The van der Waals surface area contributed by atoms with Gasteiger partial charge in [-0.1, -0.05) is 22.0 Å². The van der Waals surface area contributed by atoms with Gasteiger partial charge >= 0.3 is 0 Å². The predicted octanol–water partition coefficient (Wildman–Crippen LogP) is 4.09. The van der Waals surface area contributed by atoms with Gasteiger partial charge in [-0.15, -0.1) is 0 Å². The largest absolute Gasteiger partial charge is 0.368 e. The van der Waals surface area contributed by atoms with Gasteiger partial charge in [0, 0.05) is 16.6 Å². The van der Waals surface area contributed by atoms with Gasteiger partial charge < -0.3 is 5.32 Å². The van der Waals surface area contributed by atoms with Crippen LogP contribution in [0.2, 0.25) is 0 Å². The molecule has 0 spiro atoms. The fourth-order valence-corrected chi connectivity index (χ4v) is 2.00. The first-order valence-electron chi connectivity index (χ1n) is 6.07. The highest BCUT2D eigenvalue weighted by atomic mass is 79.9. The number of halogens is 2. The number of benzene rings is 1. The summed E-state index contributed by atoms with van der Waals surface area (Å²) in [6.45, 7) is 6.16. The second-order valence-electron chi connectivity index (χ2n) is 4.29. The number of nitrogens with zero attached hydrogens (tertiary/aromatic N) is 2. The standard InChI is InChI=1S/C14H15BrFN3/c1-4-17-14-12(16)9(3)18-13(19-14)10-5-6-11(15)8(2)7-10/h5-7H,4H2,1-3H3,(H,17,18,19). The monoisotopic (exact) mass is 323 g/mol. The molecule has 2 rings (SSSR count). The Morgan fingerprint density at radius 3 is 2.63 bits per heavy atom. The summed E-state index contributed by atoms with van der Waals surface area (Å²) < 4.78 is 14.9. The van der Waals surface area contributed by atoms with E-state index in [2.05, 4.69) is 31.2 Å². The van der Waals surface area contributed by atoms with Crippen LogP contribution in [-0.4, -0.2) is 16.5 Å². The molecule has 0 radical (unpaired) electrons. The molecule has 0 aliphatic carbocycles. The van der Waals surface area contributed by atoms with E-state index in [-0.39, 0.29) is 11.6 Å². The molecule has 0 amide bonds. The van der Waals surface area contributed by atoms with Crippen molar-refractivity contribution >= 4 is 21.7 Å². The van der Waals surface area contributed by atoms with Crippen LogP contribution in [0.25, 0.3) is 11.4 Å².